The van der Waals surface area contributed by atoms with Crippen molar-refractivity contribution < 1.29 is 0 Å². The Hall–Kier alpha value is -1.38. The highest BCUT2D eigenvalue weighted by Gasteiger charge is 2.15. The van der Waals surface area contributed by atoms with Gasteiger partial charge in [0.15, 0.2) is 0 Å². The van der Waals surface area contributed by atoms with Gasteiger partial charge in [-0.05, 0) is 48.3 Å². The highest BCUT2D eigenvalue weighted by atomic mass is 15.1. The number of likely N-dealkylation sites (N-methyl/N-ethyl adjacent to an activating group) is 1. The first-order valence-corrected chi connectivity index (χ1v) is 8.28. The minimum Gasteiger partial charge on any atom is -0.313 e. The molecule has 112 valence electrons. The summed E-state index contributed by atoms with van der Waals surface area (Å²) < 4.78 is 0. The summed E-state index contributed by atoms with van der Waals surface area (Å²) in [6, 6.07) is 16.2. The van der Waals surface area contributed by atoms with E-state index in [1.54, 1.807) is 0 Å². The third kappa shape index (κ3) is 3.84. The average Bonchev–Trinajstić information content (AvgIpc) is 2.55. The Labute approximate surface area is 128 Å². The SMILES string of the molecule is CCN(Cc1ccc2ccccc2c1)CC1CCCCN1. The van der Waals surface area contributed by atoms with Crippen LogP contribution in [0.25, 0.3) is 10.8 Å². The van der Waals surface area contributed by atoms with Crippen molar-refractivity contribution in [2.45, 2.75) is 38.8 Å². The average molecular weight is 282 g/mol. The molecule has 2 nitrogen and oxygen atoms in total. The van der Waals surface area contributed by atoms with Gasteiger partial charge in [0.1, 0.15) is 0 Å². The van der Waals surface area contributed by atoms with Crippen LogP contribution in [0.5, 0.6) is 0 Å². The number of nitrogens with zero attached hydrogens (tertiary/aromatic N) is 1. The van der Waals surface area contributed by atoms with Gasteiger partial charge in [-0.15, -0.1) is 0 Å². The summed E-state index contributed by atoms with van der Waals surface area (Å²) in [7, 11) is 0. The minimum absolute atomic E-state index is 0.680. The summed E-state index contributed by atoms with van der Waals surface area (Å²) in [6.07, 6.45) is 4.05. The Morgan fingerprint density at radius 3 is 2.71 bits per heavy atom. The van der Waals surface area contributed by atoms with Crippen molar-refractivity contribution in [3.63, 3.8) is 0 Å². The van der Waals surface area contributed by atoms with Crippen LogP contribution in [-0.2, 0) is 6.54 Å². The van der Waals surface area contributed by atoms with Crippen molar-refractivity contribution in [3.8, 4) is 0 Å². The van der Waals surface area contributed by atoms with Crippen LogP contribution in [-0.4, -0.2) is 30.6 Å². The maximum atomic E-state index is 3.66. The Bertz CT molecular complexity index is 573. The lowest BCUT2D eigenvalue weighted by atomic mass is 10.0. The van der Waals surface area contributed by atoms with E-state index in [0.29, 0.717) is 6.04 Å². The molecule has 2 aromatic carbocycles. The zero-order chi connectivity index (χ0) is 14.5. The number of piperidine rings is 1. The molecule has 1 saturated heterocycles. The van der Waals surface area contributed by atoms with Crippen LogP contribution in [0, 0.1) is 0 Å². The molecule has 1 heterocycles. The molecule has 1 N–H and O–H groups in total. The Morgan fingerprint density at radius 1 is 1.10 bits per heavy atom. The van der Waals surface area contributed by atoms with Gasteiger partial charge in [-0.2, -0.15) is 0 Å². The van der Waals surface area contributed by atoms with Gasteiger partial charge in [-0.25, -0.2) is 0 Å². The van der Waals surface area contributed by atoms with Crippen LogP contribution in [0.4, 0.5) is 0 Å². The second-order valence-corrected chi connectivity index (χ2v) is 6.16. The van der Waals surface area contributed by atoms with Crippen molar-refractivity contribution in [2.24, 2.45) is 0 Å². The number of benzene rings is 2. The summed E-state index contributed by atoms with van der Waals surface area (Å²) in [4.78, 5) is 2.56. The number of hydrogen-bond acceptors (Lipinski definition) is 2. The molecule has 1 fully saturated rings. The molecule has 0 aliphatic carbocycles. The predicted molar refractivity (Wildman–Crippen MR) is 90.5 cm³/mol. The molecular formula is C19H26N2. The van der Waals surface area contributed by atoms with Crippen LogP contribution in [0.15, 0.2) is 42.5 Å². The highest BCUT2D eigenvalue weighted by molar-refractivity contribution is 5.82. The van der Waals surface area contributed by atoms with Gasteiger partial charge in [0.05, 0.1) is 0 Å². The molecule has 2 aromatic rings. The number of nitrogens with one attached hydrogen (secondary N) is 1. The first-order valence-electron chi connectivity index (χ1n) is 8.28. The molecule has 0 radical (unpaired) electrons. The zero-order valence-corrected chi connectivity index (χ0v) is 13.0. The Balaban J connectivity index is 1.66. The second kappa shape index (κ2) is 7.06. The lowest BCUT2D eigenvalue weighted by molar-refractivity contribution is 0.226. The topological polar surface area (TPSA) is 15.3 Å². The third-order valence-corrected chi connectivity index (χ3v) is 4.56. The largest absolute Gasteiger partial charge is 0.313 e. The van der Waals surface area contributed by atoms with Crippen molar-refractivity contribution in [1.82, 2.24) is 10.2 Å². The first kappa shape index (κ1) is 14.6. The molecule has 3 rings (SSSR count). The van der Waals surface area contributed by atoms with E-state index in [1.165, 1.54) is 48.7 Å². The fraction of sp³-hybridized carbons (Fsp3) is 0.474. The number of fused-ring (bicyclic) bond motifs is 1. The smallest absolute Gasteiger partial charge is 0.0234 e. The molecule has 1 aliphatic rings. The van der Waals surface area contributed by atoms with Gasteiger partial charge in [0.25, 0.3) is 0 Å². The molecule has 1 atom stereocenters. The Morgan fingerprint density at radius 2 is 1.95 bits per heavy atom. The minimum atomic E-state index is 0.680. The van der Waals surface area contributed by atoms with E-state index in [1.807, 2.05) is 0 Å². The van der Waals surface area contributed by atoms with E-state index >= 15 is 0 Å². The molecule has 21 heavy (non-hydrogen) atoms. The van der Waals surface area contributed by atoms with E-state index in [0.717, 1.165) is 13.1 Å². The lowest BCUT2D eigenvalue weighted by Gasteiger charge is -2.30. The quantitative estimate of drug-likeness (QED) is 0.897. The molecule has 1 unspecified atom stereocenters. The van der Waals surface area contributed by atoms with Crippen LogP contribution in [0.2, 0.25) is 0 Å². The van der Waals surface area contributed by atoms with Crippen LogP contribution < -0.4 is 5.32 Å². The van der Waals surface area contributed by atoms with Gasteiger partial charge < -0.3 is 5.32 Å². The van der Waals surface area contributed by atoms with E-state index in [9.17, 15) is 0 Å². The fourth-order valence-corrected chi connectivity index (χ4v) is 3.29. The van der Waals surface area contributed by atoms with Crippen LogP contribution >= 0.6 is 0 Å². The normalized spacial score (nSPS) is 19.2. The summed E-state index contributed by atoms with van der Waals surface area (Å²) in [5.74, 6) is 0. The van der Waals surface area contributed by atoms with Crippen molar-refractivity contribution >= 4 is 10.8 Å². The summed E-state index contributed by atoms with van der Waals surface area (Å²) in [5, 5.41) is 6.34. The van der Waals surface area contributed by atoms with Crippen LogP contribution in [0.3, 0.4) is 0 Å². The summed E-state index contributed by atoms with van der Waals surface area (Å²) in [6.45, 7) is 6.80. The second-order valence-electron chi connectivity index (χ2n) is 6.16. The summed E-state index contributed by atoms with van der Waals surface area (Å²) in [5.41, 5.74) is 1.42. The number of rotatable bonds is 5. The molecule has 0 bridgehead atoms. The molecular weight excluding hydrogens is 256 g/mol. The monoisotopic (exact) mass is 282 g/mol. The molecule has 0 amide bonds. The molecule has 2 heteroatoms. The van der Waals surface area contributed by atoms with E-state index < -0.39 is 0 Å². The first-order chi connectivity index (χ1) is 10.3. The Kier molecular flexibility index (Phi) is 4.89. The van der Waals surface area contributed by atoms with Crippen molar-refractivity contribution in [3.05, 3.63) is 48.0 Å². The highest BCUT2D eigenvalue weighted by Crippen LogP contribution is 2.17. The van der Waals surface area contributed by atoms with E-state index in [2.05, 4.69) is 59.6 Å². The fourth-order valence-electron chi connectivity index (χ4n) is 3.29. The van der Waals surface area contributed by atoms with E-state index in [4.69, 9.17) is 0 Å². The van der Waals surface area contributed by atoms with Gasteiger partial charge in [-0.1, -0.05) is 49.7 Å². The third-order valence-electron chi connectivity index (χ3n) is 4.56. The van der Waals surface area contributed by atoms with E-state index in [-0.39, 0.29) is 0 Å². The van der Waals surface area contributed by atoms with Gasteiger partial charge in [0, 0.05) is 19.1 Å². The maximum Gasteiger partial charge on any atom is 0.0234 e. The van der Waals surface area contributed by atoms with Crippen molar-refractivity contribution in [2.75, 3.05) is 19.6 Å². The number of hydrogen-bond donors (Lipinski definition) is 1. The molecule has 0 aromatic heterocycles. The summed E-state index contributed by atoms with van der Waals surface area (Å²) >= 11 is 0. The van der Waals surface area contributed by atoms with Gasteiger partial charge >= 0.3 is 0 Å². The zero-order valence-electron chi connectivity index (χ0n) is 13.0. The molecule has 0 saturated carbocycles. The maximum absolute atomic E-state index is 3.66. The van der Waals surface area contributed by atoms with Crippen LogP contribution in [0.1, 0.15) is 31.7 Å². The lowest BCUT2D eigenvalue weighted by Crippen LogP contribution is -2.43. The molecule has 0 spiro atoms. The van der Waals surface area contributed by atoms with Gasteiger partial charge in [0.2, 0.25) is 0 Å². The predicted octanol–water partition coefficient (Wildman–Crippen LogP) is 3.80. The standard InChI is InChI=1S/C19H26N2/c1-2-21(15-19-9-5-6-12-20-19)14-16-10-11-17-7-3-4-8-18(17)13-16/h3-4,7-8,10-11,13,19-20H,2,5-6,9,12,14-15H2,1H3. The van der Waals surface area contributed by atoms with Gasteiger partial charge in [-0.3, -0.25) is 4.90 Å². The van der Waals surface area contributed by atoms with Crippen molar-refractivity contribution in [1.29, 1.82) is 0 Å². The molecule has 1 aliphatic heterocycles.